The van der Waals surface area contributed by atoms with E-state index in [1.54, 1.807) is 0 Å². The molecule has 0 spiro atoms. The van der Waals surface area contributed by atoms with Gasteiger partial charge in [-0.1, -0.05) is 6.07 Å². The zero-order valence-electron chi connectivity index (χ0n) is 12.4. The smallest absolute Gasteiger partial charge is 0.222 e. The first kappa shape index (κ1) is 14.7. The van der Waals surface area contributed by atoms with Crippen molar-refractivity contribution in [3.8, 4) is 0 Å². The first-order chi connectivity index (χ1) is 10.3. The fourth-order valence-corrected chi connectivity index (χ4v) is 4.26. The zero-order valence-corrected chi connectivity index (χ0v) is 13.2. The highest BCUT2D eigenvalue weighted by atomic mass is 32.2. The van der Waals surface area contributed by atoms with E-state index in [1.165, 1.54) is 24.3 Å². The molecule has 3 heterocycles. The number of carbonyl (C=O) groups is 1. The van der Waals surface area contributed by atoms with E-state index in [2.05, 4.69) is 9.88 Å². The highest BCUT2D eigenvalue weighted by molar-refractivity contribution is 7.99. The van der Waals surface area contributed by atoms with E-state index < -0.39 is 0 Å². The van der Waals surface area contributed by atoms with E-state index in [0.717, 1.165) is 38.4 Å². The van der Waals surface area contributed by atoms with Crippen molar-refractivity contribution < 1.29 is 4.79 Å². The Balaban J connectivity index is 1.47. The van der Waals surface area contributed by atoms with Gasteiger partial charge in [-0.2, -0.15) is 11.8 Å². The molecule has 5 heteroatoms. The molecule has 114 valence electrons. The number of carbonyl (C=O) groups excluding carboxylic acids is 1. The van der Waals surface area contributed by atoms with Crippen molar-refractivity contribution in [2.24, 2.45) is 5.92 Å². The summed E-state index contributed by atoms with van der Waals surface area (Å²) in [5.74, 6) is 4.45. The molecule has 0 bridgehead atoms. The average molecular weight is 305 g/mol. The van der Waals surface area contributed by atoms with Crippen LogP contribution in [0.3, 0.4) is 0 Å². The van der Waals surface area contributed by atoms with Crippen molar-refractivity contribution in [1.82, 2.24) is 9.88 Å². The number of piperazine rings is 1. The van der Waals surface area contributed by atoms with E-state index in [4.69, 9.17) is 0 Å². The SMILES string of the molecule is O=C(CC1CCSCC1)N1CCN(c2ccccn2)CC1. The molecule has 0 unspecified atom stereocenters. The summed E-state index contributed by atoms with van der Waals surface area (Å²) in [5, 5.41) is 0. The van der Waals surface area contributed by atoms with Gasteiger partial charge in [0.2, 0.25) is 5.91 Å². The molecule has 0 aromatic carbocycles. The predicted octanol–water partition coefficient (Wildman–Crippen LogP) is 2.26. The van der Waals surface area contributed by atoms with Gasteiger partial charge in [-0.05, 0) is 42.4 Å². The van der Waals surface area contributed by atoms with Crippen molar-refractivity contribution in [1.29, 1.82) is 0 Å². The van der Waals surface area contributed by atoms with E-state index in [9.17, 15) is 4.79 Å². The summed E-state index contributed by atoms with van der Waals surface area (Å²) in [6.07, 6.45) is 5.01. The molecule has 2 fully saturated rings. The van der Waals surface area contributed by atoms with E-state index in [-0.39, 0.29) is 0 Å². The summed E-state index contributed by atoms with van der Waals surface area (Å²) in [4.78, 5) is 21.1. The summed E-state index contributed by atoms with van der Waals surface area (Å²) in [6.45, 7) is 3.44. The van der Waals surface area contributed by atoms with Crippen LogP contribution in [-0.2, 0) is 4.79 Å². The Bertz CT molecular complexity index is 454. The number of rotatable bonds is 3. The minimum absolute atomic E-state index is 0.354. The molecule has 2 saturated heterocycles. The van der Waals surface area contributed by atoms with Crippen LogP contribution in [0.5, 0.6) is 0 Å². The van der Waals surface area contributed by atoms with Crippen LogP contribution in [0.15, 0.2) is 24.4 Å². The van der Waals surface area contributed by atoms with Gasteiger partial charge in [0.25, 0.3) is 0 Å². The van der Waals surface area contributed by atoms with Crippen LogP contribution >= 0.6 is 11.8 Å². The second kappa shape index (κ2) is 7.16. The molecule has 1 aromatic heterocycles. The average Bonchev–Trinajstić information content (AvgIpc) is 2.57. The van der Waals surface area contributed by atoms with Gasteiger partial charge in [-0.3, -0.25) is 4.79 Å². The fourth-order valence-electron chi connectivity index (χ4n) is 3.05. The van der Waals surface area contributed by atoms with Crippen LogP contribution in [-0.4, -0.2) is 53.5 Å². The molecular weight excluding hydrogens is 282 g/mol. The molecular formula is C16H23N3OS. The van der Waals surface area contributed by atoms with Crippen molar-refractivity contribution in [3.63, 3.8) is 0 Å². The molecule has 0 aliphatic carbocycles. The molecule has 2 aliphatic rings. The molecule has 4 nitrogen and oxygen atoms in total. The van der Waals surface area contributed by atoms with Gasteiger partial charge in [-0.15, -0.1) is 0 Å². The Morgan fingerprint density at radius 3 is 2.62 bits per heavy atom. The van der Waals surface area contributed by atoms with Crippen LogP contribution < -0.4 is 4.90 Å². The topological polar surface area (TPSA) is 36.4 Å². The third-order valence-electron chi connectivity index (χ3n) is 4.41. The number of hydrogen-bond donors (Lipinski definition) is 0. The summed E-state index contributed by atoms with van der Waals surface area (Å²) in [5.41, 5.74) is 0. The molecule has 21 heavy (non-hydrogen) atoms. The van der Waals surface area contributed by atoms with Crippen LogP contribution in [0.25, 0.3) is 0 Å². The van der Waals surface area contributed by atoms with Crippen molar-refractivity contribution in [2.45, 2.75) is 19.3 Å². The van der Waals surface area contributed by atoms with Gasteiger partial charge in [0.15, 0.2) is 0 Å². The Morgan fingerprint density at radius 2 is 1.95 bits per heavy atom. The Kier molecular flexibility index (Phi) is 5.01. The maximum absolute atomic E-state index is 12.4. The number of thioether (sulfide) groups is 1. The number of amides is 1. The molecule has 0 N–H and O–H groups in total. The second-order valence-corrected chi connectivity index (χ2v) is 7.04. The largest absolute Gasteiger partial charge is 0.353 e. The van der Waals surface area contributed by atoms with Crippen molar-refractivity contribution in [2.75, 3.05) is 42.6 Å². The molecule has 0 saturated carbocycles. The number of pyridine rings is 1. The van der Waals surface area contributed by atoms with Crippen LogP contribution in [0.4, 0.5) is 5.82 Å². The maximum atomic E-state index is 12.4. The first-order valence-corrected chi connectivity index (χ1v) is 9.00. The van der Waals surface area contributed by atoms with E-state index in [1.807, 2.05) is 41.1 Å². The normalized spacial score (nSPS) is 20.6. The monoisotopic (exact) mass is 305 g/mol. The lowest BCUT2D eigenvalue weighted by molar-refractivity contribution is -0.132. The lowest BCUT2D eigenvalue weighted by Gasteiger charge is -2.36. The van der Waals surface area contributed by atoms with Crippen LogP contribution in [0.1, 0.15) is 19.3 Å². The van der Waals surface area contributed by atoms with Crippen LogP contribution in [0.2, 0.25) is 0 Å². The summed E-state index contributed by atoms with van der Waals surface area (Å²) < 4.78 is 0. The highest BCUT2D eigenvalue weighted by Gasteiger charge is 2.24. The molecule has 2 aliphatic heterocycles. The number of hydrogen-bond acceptors (Lipinski definition) is 4. The minimum atomic E-state index is 0.354. The standard InChI is InChI=1S/C16H23N3OS/c20-16(13-14-4-11-21-12-5-14)19-9-7-18(8-10-19)15-3-1-2-6-17-15/h1-3,6,14H,4-5,7-13H2. The molecule has 1 amide bonds. The second-order valence-electron chi connectivity index (χ2n) is 5.82. The number of anilines is 1. The third-order valence-corrected chi connectivity index (χ3v) is 5.46. The van der Waals surface area contributed by atoms with Gasteiger partial charge in [0, 0.05) is 38.8 Å². The summed E-state index contributed by atoms with van der Waals surface area (Å²) in [7, 11) is 0. The van der Waals surface area contributed by atoms with Gasteiger partial charge in [0.1, 0.15) is 5.82 Å². The van der Waals surface area contributed by atoms with Crippen molar-refractivity contribution >= 4 is 23.5 Å². The molecule has 0 radical (unpaired) electrons. The van der Waals surface area contributed by atoms with Crippen molar-refractivity contribution in [3.05, 3.63) is 24.4 Å². The van der Waals surface area contributed by atoms with Gasteiger partial charge in [0.05, 0.1) is 0 Å². The number of aromatic nitrogens is 1. The maximum Gasteiger partial charge on any atom is 0.222 e. The molecule has 3 rings (SSSR count). The Hall–Kier alpha value is -1.23. The number of nitrogens with zero attached hydrogens (tertiary/aromatic N) is 3. The highest BCUT2D eigenvalue weighted by Crippen LogP contribution is 2.26. The lowest BCUT2D eigenvalue weighted by Crippen LogP contribution is -2.49. The molecule has 1 aromatic rings. The van der Waals surface area contributed by atoms with Gasteiger partial charge < -0.3 is 9.80 Å². The quantitative estimate of drug-likeness (QED) is 0.858. The third kappa shape index (κ3) is 3.90. The van der Waals surface area contributed by atoms with Crippen LogP contribution in [0, 0.1) is 5.92 Å². The van der Waals surface area contributed by atoms with Gasteiger partial charge >= 0.3 is 0 Å². The first-order valence-electron chi connectivity index (χ1n) is 7.84. The minimum Gasteiger partial charge on any atom is -0.353 e. The summed E-state index contributed by atoms with van der Waals surface area (Å²) >= 11 is 2.02. The predicted molar refractivity (Wildman–Crippen MR) is 87.7 cm³/mol. The zero-order chi connectivity index (χ0) is 14.5. The Labute approximate surface area is 130 Å². The molecule has 0 atom stereocenters. The van der Waals surface area contributed by atoms with Gasteiger partial charge in [-0.25, -0.2) is 4.98 Å². The fraction of sp³-hybridized carbons (Fsp3) is 0.625. The Morgan fingerprint density at radius 1 is 1.19 bits per heavy atom. The van der Waals surface area contributed by atoms with E-state index in [0.29, 0.717) is 11.8 Å². The van der Waals surface area contributed by atoms with E-state index >= 15 is 0 Å². The lowest BCUT2D eigenvalue weighted by atomic mass is 9.98. The summed E-state index contributed by atoms with van der Waals surface area (Å²) in [6, 6.07) is 5.99.